The number of H-pyrrole nitrogens is 1. The van der Waals surface area contributed by atoms with E-state index in [1.54, 1.807) is 121 Å². The number of benzene rings is 4. The molecule has 0 saturated carbocycles. The van der Waals surface area contributed by atoms with E-state index in [0.29, 0.717) is 52.4 Å². The lowest BCUT2D eigenvalue weighted by molar-refractivity contribution is -0.192. The highest BCUT2D eigenvalue weighted by Crippen LogP contribution is 2.21. The minimum Gasteiger partial charge on any atom is -0.480 e. The lowest BCUT2D eigenvalue weighted by Crippen LogP contribution is -2.63. The highest BCUT2D eigenvalue weighted by atomic mass is 32.1. The number of aromatic amines is 1. The van der Waals surface area contributed by atoms with Gasteiger partial charge in [-0.25, -0.2) is 9.59 Å². The average molecular weight is 1630 g/mol. The molecule has 0 saturated heterocycles. The molecule has 4 aromatic carbocycles. The molecular weight excluding hydrogens is 1530 g/mol. The molecule has 5 rings (SSSR count). The van der Waals surface area contributed by atoms with E-state index >= 15 is 14.4 Å². The highest BCUT2D eigenvalue weighted by Gasteiger charge is 2.40. The molecule has 0 aliphatic carbocycles. The first-order valence-corrected chi connectivity index (χ1v) is 37.0. The molecule has 0 unspecified atom stereocenters. The second kappa shape index (κ2) is 48.2. The molecule has 618 valence electrons. The summed E-state index contributed by atoms with van der Waals surface area (Å²) in [4.78, 5) is 193. The first-order chi connectivity index (χ1) is 53.5. The summed E-state index contributed by atoms with van der Waals surface area (Å²) in [5.74, 6) is -16.8. The number of aromatic nitrogens is 1. The van der Waals surface area contributed by atoms with Crippen LogP contribution in [-0.4, -0.2) is 235 Å². The predicted molar refractivity (Wildman–Crippen MR) is 411 cm³/mol. The average Bonchev–Trinajstić information content (AvgIpc) is 1.75. The SMILES string of the molecule is C[C@@H](O)[C@H](NC(=O)[C@H](Cc1ccccc1)NC(=O)[C@@H](NC(=O)[C@H](CCCCN)NC(=O)[C@H](Cc1c[nH]c2ccccc12)NC(=O)[C@H](Cc1ccccc1)NC(=O)[C@H](Cc1ccccc1)NC(=O)[C@H](CC(N)=O)NC(=O)[C@H](CCCCN)NC(=O)[C@@H](N)CS)[C@@H](C)O)C(=O)N[C@@H](CO)C(=O)N[C@@H](CS)C(=O)O.O=C(O)C(F)(F)F. The van der Waals surface area contributed by atoms with Crippen molar-refractivity contribution in [1.29, 1.82) is 0 Å². The molecule has 1 aromatic heterocycles. The number of carboxylic acids is 2. The topological polar surface area (TPSA) is 592 Å². The number of fused-ring (bicyclic) bond motifs is 1. The maximum absolute atomic E-state index is 15.3. The molecule has 5 aromatic rings. The van der Waals surface area contributed by atoms with Crippen LogP contribution in [0.5, 0.6) is 0 Å². The van der Waals surface area contributed by atoms with Crippen LogP contribution in [0.3, 0.4) is 0 Å². The van der Waals surface area contributed by atoms with Gasteiger partial charge in [0.1, 0.15) is 66.5 Å². The molecule has 0 fully saturated rings. The van der Waals surface area contributed by atoms with Crippen LogP contribution < -0.4 is 81.4 Å². The number of aliphatic carboxylic acids is 2. The van der Waals surface area contributed by atoms with Crippen LogP contribution in [0.2, 0.25) is 0 Å². The van der Waals surface area contributed by atoms with E-state index in [0.717, 1.165) is 13.8 Å². The van der Waals surface area contributed by atoms with E-state index in [4.69, 9.17) is 32.8 Å². The third-order valence-corrected chi connectivity index (χ3v) is 17.9. The number of carbonyl (C=O) groups is 14. The van der Waals surface area contributed by atoms with Gasteiger partial charge in [-0.1, -0.05) is 109 Å². The van der Waals surface area contributed by atoms with Gasteiger partial charge in [0.25, 0.3) is 0 Å². The van der Waals surface area contributed by atoms with Gasteiger partial charge in [0.2, 0.25) is 70.9 Å². The van der Waals surface area contributed by atoms with E-state index in [2.05, 4.69) is 88.7 Å². The number of nitrogens with two attached hydrogens (primary N) is 4. The number of rotatable bonds is 46. The second-order valence-corrected chi connectivity index (χ2v) is 26.9. The van der Waals surface area contributed by atoms with Crippen molar-refractivity contribution in [1.82, 2.24) is 63.5 Å². The molecule has 35 nitrogen and oxygen atoms in total. The van der Waals surface area contributed by atoms with Crippen molar-refractivity contribution in [2.24, 2.45) is 22.9 Å². The van der Waals surface area contributed by atoms with E-state index < -0.39 is 187 Å². The third kappa shape index (κ3) is 32.5. The Balaban J connectivity index is 0.00000366. The number of amides is 12. The third-order valence-electron chi connectivity index (χ3n) is 17.2. The Hall–Kier alpha value is -10.7. The van der Waals surface area contributed by atoms with Crippen LogP contribution in [-0.2, 0) is 92.8 Å². The molecule has 0 aliphatic rings. The number of unbranched alkanes of at least 4 members (excludes halogenated alkanes) is 2. The maximum Gasteiger partial charge on any atom is 0.490 e. The zero-order chi connectivity index (χ0) is 84.1. The molecule has 14 atom stereocenters. The standard InChI is InChI=1S/C71H98N16O17S2.C2HF3O2/c1-39(89)58(69(101)83-52(32-43-22-10-5-11-23-43)67(99)87-59(40(2)90)70(102)84-55(36-88)68(100)85-56(38-106)71(103)104)86-62(94)49(27-15-17-29-73)78-65(97)53(33-44-35-76-47-25-13-12-24-45(44)47)81-64(96)51(31-42-20-8-4-9-21-42)79-63(95)50(30-41-18-6-3-7-19-41)80-66(98)54(34-57(75)91)82-61(93)48(26-14-16-28-72)77-60(92)46(74)37-105;3-2(4,5)1(6)7/h3-13,18-25,35,39-40,46,48-56,58-59,76,88-90,105-106H,14-17,26-34,36-38,72-74H2,1-2H3,(H2,75,91)(H,77,92)(H,78,97)(H,79,95)(H,80,98)(H,81,96)(H,82,93)(H,83,101)(H,84,102)(H,85,100)(H,86,94)(H,87,99)(H,103,104);(H,6,7)/t39-,40-,46+,48+,49+,50+,51+,52+,53+,54+,55+,56+,58+,59+;/m1./s1. The highest BCUT2D eigenvalue weighted by molar-refractivity contribution is 7.80. The smallest absolute Gasteiger partial charge is 0.480 e. The van der Waals surface area contributed by atoms with E-state index in [1.807, 2.05) is 0 Å². The Labute approximate surface area is 658 Å². The zero-order valence-corrected chi connectivity index (χ0v) is 63.5. The Bertz CT molecular complexity index is 3990. The van der Waals surface area contributed by atoms with E-state index in [-0.39, 0.29) is 69.5 Å². The lowest BCUT2D eigenvalue weighted by atomic mass is 10.00. The van der Waals surface area contributed by atoms with Crippen molar-refractivity contribution in [3.8, 4) is 0 Å². The molecule has 1 heterocycles. The molecule has 40 heteroatoms. The number of thiol groups is 2. The quantitative estimate of drug-likeness (QED) is 0.0133. The minimum absolute atomic E-state index is 0.0494. The number of halogens is 3. The monoisotopic (exact) mass is 1620 g/mol. The van der Waals surface area contributed by atoms with E-state index in [1.165, 1.54) is 0 Å². The number of carboxylic acid groups (broad SMARTS) is 2. The van der Waals surface area contributed by atoms with E-state index in [9.17, 15) is 81.5 Å². The first kappa shape index (κ1) is 94.6. The Morgan fingerprint density at radius 3 is 1.14 bits per heavy atom. The molecule has 12 amide bonds. The fourth-order valence-electron chi connectivity index (χ4n) is 11.1. The number of aliphatic hydroxyl groups is 3. The Morgan fingerprint density at radius 2 is 0.761 bits per heavy atom. The van der Waals surface area contributed by atoms with Gasteiger partial charge in [0, 0.05) is 54.3 Å². The molecule has 113 heavy (non-hydrogen) atoms. The predicted octanol–water partition coefficient (Wildman–Crippen LogP) is -3.44. The largest absolute Gasteiger partial charge is 0.490 e. The van der Waals surface area contributed by atoms with Gasteiger partial charge in [-0.05, 0) is 93.8 Å². The summed E-state index contributed by atoms with van der Waals surface area (Å²) < 4.78 is 31.7. The van der Waals surface area contributed by atoms with Crippen molar-refractivity contribution >= 4 is 119 Å². The van der Waals surface area contributed by atoms with Crippen LogP contribution in [0.4, 0.5) is 13.2 Å². The van der Waals surface area contributed by atoms with Crippen LogP contribution >= 0.6 is 25.3 Å². The number of para-hydroxylation sites is 1. The second-order valence-electron chi connectivity index (χ2n) is 26.2. The maximum atomic E-state index is 15.3. The summed E-state index contributed by atoms with van der Waals surface area (Å²) in [6.45, 7) is 1.62. The molecule has 0 bridgehead atoms. The Morgan fingerprint density at radius 1 is 0.434 bits per heavy atom. The number of hydrogen-bond acceptors (Lipinski definition) is 22. The first-order valence-electron chi connectivity index (χ1n) is 35.7. The summed E-state index contributed by atoms with van der Waals surface area (Å²) in [7, 11) is 0. The molecule has 25 N–H and O–H groups in total. The van der Waals surface area contributed by atoms with Crippen LogP contribution in [0.1, 0.15) is 81.0 Å². The van der Waals surface area contributed by atoms with Crippen molar-refractivity contribution in [3.63, 3.8) is 0 Å². The van der Waals surface area contributed by atoms with Crippen molar-refractivity contribution in [2.75, 3.05) is 31.2 Å². The number of alkyl halides is 3. The summed E-state index contributed by atoms with van der Waals surface area (Å²) >= 11 is 7.97. The van der Waals surface area contributed by atoms with Gasteiger partial charge in [-0.2, -0.15) is 38.4 Å². The molecule has 0 spiro atoms. The van der Waals surface area contributed by atoms with Crippen molar-refractivity contribution < 1.29 is 106 Å². The summed E-state index contributed by atoms with van der Waals surface area (Å²) in [5, 5.41) is 76.7. The minimum atomic E-state index is -5.08. The summed E-state index contributed by atoms with van der Waals surface area (Å²) in [5.41, 5.74) is 25.7. The molecular formula is C73H99F3N16O19S2. The molecule has 0 aliphatic heterocycles. The number of nitrogens with one attached hydrogen (secondary N) is 12. The lowest BCUT2D eigenvalue weighted by Gasteiger charge is -2.29. The summed E-state index contributed by atoms with van der Waals surface area (Å²) in [6, 6.07) is 12.9. The normalized spacial score (nSPS) is 14.9. The van der Waals surface area contributed by atoms with Crippen LogP contribution in [0.15, 0.2) is 121 Å². The van der Waals surface area contributed by atoms with Gasteiger partial charge in [-0.3, -0.25) is 57.5 Å². The number of hydrogen-bond donors (Lipinski definition) is 23. The van der Waals surface area contributed by atoms with Gasteiger partial charge in [0.05, 0.1) is 31.3 Å². The number of primary amides is 1. The van der Waals surface area contributed by atoms with Gasteiger partial charge in [0.15, 0.2) is 0 Å². The number of carbonyl (C=O) groups excluding carboxylic acids is 12. The Kier molecular flexibility index (Phi) is 40.4. The van der Waals surface area contributed by atoms with Crippen molar-refractivity contribution in [2.45, 2.75) is 175 Å². The van der Waals surface area contributed by atoms with Gasteiger partial charge >= 0.3 is 18.1 Å². The molecule has 0 radical (unpaired) electrons. The van der Waals surface area contributed by atoms with Crippen LogP contribution in [0.25, 0.3) is 10.9 Å². The number of aliphatic hydroxyl groups excluding tert-OH is 3. The fourth-order valence-corrected chi connectivity index (χ4v) is 11.5. The zero-order valence-electron chi connectivity index (χ0n) is 61.7. The fraction of sp³-hybridized carbons (Fsp3) is 0.452. The van der Waals surface area contributed by atoms with Gasteiger partial charge < -0.3 is 112 Å². The summed E-state index contributed by atoms with van der Waals surface area (Å²) in [6.07, 6.45) is -7.44. The van der Waals surface area contributed by atoms with Crippen LogP contribution in [0, 0.1) is 0 Å². The van der Waals surface area contributed by atoms with Crippen molar-refractivity contribution in [3.05, 3.63) is 144 Å². The van der Waals surface area contributed by atoms with Gasteiger partial charge in [-0.15, -0.1) is 0 Å².